The summed E-state index contributed by atoms with van der Waals surface area (Å²) in [6.45, 7) is 0. The fourth-order valence-corrected chi connectivity index (χ4v) is 5.77. The minimum absolute atomic E-state index is 0.121. The lowest BCUT2D eigenvalue weighted by Gasteiger charge is -2.26. The van der Waals surface area contributed by atoms with Crippen molar-refractivity contribution in [2.75, 3.05) is 0 Å². The van der Waals surface area contributed by atoms with Gasteiger partial charge in [0.05, 0.1) is 4.88 Å². The number of aromatic nitrogens is 2. The van der Waals surface area contributed by atoms with E-state index in [4.69, 9.17) is 4.98 Å². The highest BCUT2D eigenvalue weighted by atomic mass is 32.1. The summed E-state index contributed by atoms with van der Waals surface area (Å²) in [6.07, 6.45) is 5.38. The molecule has 5 rings (SSSR count). The first-order valence-electron chi connectivity index (χ1n) is 9.26. The molecule has 1 fully saturated rings. The smallest absolute Gasteiger partial charge is 0.266 e. The van der Waals surface area contributed by atoms with Crippen LogP contribution in [-0.4, -0.2) is 9.55 Å². The van der Waals surface area contributed by atoms with Gasteiger partial charge in [-0.1, -0.05) is 37.5 Å². The van der Waals surface area contributed by atoms with Crippen molar-refractivity contribution in [3.63, 3.8) is 0 Å². The van der Waals surface area contributed by atoms with Gasteiger partial charge >= 0.3 is 0 Å². The molecule has 27 heavy (non-hydrogen) atoms. The van der Waals surface area contributed by atoms with Gasteiger partial charge in [-0.15, -0.1) is 22.7 Å². The molecule has 0 amide bonds. The van der Waals surface area contributed by atoms with E-state index in [-0.39, 0.29) is 22.4 Å². The number of fused-ring (bicyclic) bond motifs is 2. The molecule has 6 heteroatoms. The molecule has 1 aromatic carbocycles. The van der Waals surface area contributed by atoms with Gasteiger partial charge in [0.15, 0.2) is 5.82 Å². The molecular weight excluding hydrogens is 376 g/mol. The molecule has 0 N–H and O–H groups in total. The standard InChI is InChI=1S/C21H18N2O2S2/c24-18-14-9-4-5-10-15(14)27-20-17(18)21(25)23(13-7-2-1-3-8-13)19(22-20)16-11-6-12-26-16/h4-6,9-13H,1-3,7-8H2. The molecule has 1 aliphatic rings. The van der Waals surface area contributed by atoms with Gasteiger partial charge in [0.1, 0.15) is 10.2 Å². The second-order valence-corrected chi connectivity index (χ2v) is 8.97. The average Bonchev–Trinajstić information content (AvgIpc) is 3.23. The number of rotatable bonds is 2. The lowest BCUT2D eigenvalue weighted by atomic mass is 9.95. The van der Waals surface area contributed by atoms with Gasteiger partial charge in [0.2, 0.25) is 5.43 Å². The second-order valence-electron chi connectivity index (χ2n) is 6.99. The Labute approximate surface area is 163 Å². The lowest BCUT2D eigenvalue weighted by Crippen LogP contribution is -2.31. The topological polar surface area (TPSA) is 52.0 Å². The molecule has 0 aliphatic heterocycles. The van der Waals surface area contributed by atoms with Crippen LogP contribution in [0.25, 0.3) is 31.0 Å². The van der Waals surface area contributed by atoms with Crippen LogP contribution in [0.1, 0.15) is 38.1 Å². The summed E-state index contributed by atoms with van der Waals surface area (Å²) >= 11 is 3.01. The van der Waals surface area contributed by atoms with E-state index in [2.05, 4.69) is 0 Å². The van der Waals surface area contributed by atoms with Gasteiger partial charge in [-0.05, 0) is 36.4 Å². The normalized spacial score (nSPS) is 15.6. The summed E-state index contributed by atoms with van der Waals surface area (Å²) in [6, 6.07) is 11.6. The fraction of sp³-hybridized carbons (Fsp3) is 0.286. The summed E-state index contributed by atoms with van der Waals surface area (Å²) in [5, 5.41) is 2.84. The minimum atomic E-state index is -0.195. The second kappa shape index (κ2) is 6.69. The third-order valence-electron chi connectivity index (χ3n) is 5.33. The molecule has 3 aromatic heterocycles. The molecule has 0 radical (unpaired) electrons. The molecule has 1 aliphatic carbocycles. The molecule has 1 saturated carbocycles. The first-order valence-corrected chi connectivity index (χ1v) is 11.0. The predicted octanol–water partition coefficient (Wildman–Crippen LogP) is 5.21. The molecule has 0 spiro atoms. The average molecular weight is 395 g/mol. The van der Waals surface area contributed by atoms with Crippen molar-refractivity contribution < 1.29 is 0 Å². The predicted molar refractivity (Wildman–Crippen MR) is 113 cm³/mol. The van der Waals surface area contributed by atoms with Crippen molar-refractivity contribution in [2.24, 2.45) is 0 Å². The van der Waals surface area contributed by atoms with E-state index in [9.17, 15) is 9.59 Å². The van der Waals surface area contributed by atoms with Crippen LogP contribution < -0.4 is 11.0 Å². The van der Waals surface area contributed by atoms with Gasteiger partial charge in [-0.25, -0.2) is 4.98 Å². The summed E-state index contributed by atoms with van der Waals surface area (Å²) in [5.41, 5.74) is -0.374. The van der Waals surface area contributed by atoms with Crippen molar-refractivity contribution in [3.05, 3.63) is 62.4 Å². The lowest BCUT2D eigenvalue weighted by molar-refractivity contribution is 0.348. The molecule has 0 bridgehead atoms. The van der Waals surface area contributed by atoms with Crippen molar-refractivity contribution in [1.82, 2.24) is 9.55 Å². The Kier molecular flexibility index (Phi) is 4.17. The van der Waals surface area contributed by atoms with E-state index in [1.807, 2.05) is 40.3 Å². The number of thiophene rings is 1. The summed E-state index contributed by atoms with van der Waals surface area (Å²) in [4.78, 5) is 33.0. The first-order chi connectivity index (χ1) is 13.2. The Balaban J connectivity index is 1.90. The fourth-order valence-electron chi connectivity index (χ4n) is 4.02. The monoisotopic (exact) mass is 394 g/mol. The molecule has 0 saturated heterocycles. The maximum absolute atomic E-state index is 13.5. The summed E-state index contributed by atoms with van der Waals surface area (Å²) < 4.78 is 2.69. The Morgan fingerprint density at radius 1 is 1.00 bits per heavy atom. The third kappa shape index (κ3) is 2.75. The van der Waals surface area contributed by atoms with Crippen molar-refractivity contribution in [3.8, 4) is 10.7 Å². The van der Waals surface area contributed by atoms with Gasteiger partial charge in [-0.2, -0.15) is 0 Å². The van der Waals surface area contributed by atoms with E-state index in [0.29, 0.717) is 16.0 Å². The van der Waals surface area contributed by atoms with E-state index in [1.54, 1.807) is 17.4 Å². The highest BCUT2D eigenvalue weighted by molar-refractivity contribution is 7.24. The Bertz CT molecular complexity index is 1250. The molecular formula is C21H18N2O2S2. The van der Waals surface area contributed by atoms with Crippen LogP contribution in [0.15, 0.2) is 51.4 Å². The number of nitrogens with zero attached hydrogens (tertiary/aromatic N) is 2. The Hall–Kier alpha value is -2.31. The molecule has 4 nitrogen and oxygen atoms in total. The van der Waals surface area contributed by atoms with Gasteiger partial charge in [0.25, 0.3) is 5.56 Å². The minimum Gasteiger partial charge on any atom is -0.288 e. The maximum Gasteiger partial charge on any atom is 0.266 e. The number of hydrogen-bond acceptors (Lipinski definition) is 5. The molecule has 136 valence electrons. The van der Waals surface area contributed by atoms with Crippen LogP contribution in [-0.2, 0) is 0 Å². The van der Waals surface area contributed by atoms with Crippen molar-refractivity contribution in [1.29, 1.82) is 0 Å². The Morgan fingerprint density at radius 2 is 1.81 bits per heavy atom. The highest BCUT2D eigenvalue weighted by Crippen LogP contribution is 2.33. The quantitative estimate of drug-likeness (QED) is 0.439. The zero-order chi connectivity index (χ0) is 18.4. The number of benzene rings is 1. The maximum atomic E-state index is 13.5. The van der Waals surface area contributed by atoms with Crippen LogP contribution in [0, 0.1) is 0 Å². The largest absolute Gasteiger partial charge is 0.288 e. The van der Waals surface area contributed by atoms with E-state index in [0.717, 1.165) is 35.3 Å². The van der Waals surface area contributed by atoms with E-state index < -0.39 is 0 Å². The van der Waals surface area contributed by atoms with Crippen molar-refractivity contribution in [2.45, 2.75) is 38.1 Å². The molecule has 3 heterocycles. The van der Waals surface area contributed by atoms with Crippen molar-refractivity contribution >= 4 is 43.0 Å². The van der Waals surface area contributed by atoms with Gasteiger partial charge in [-0.3, -0.25) is 14.2 Å². The van der Waals surface area contributed by atoms with Crippen LogP contribution in [0.3, 0.4) is 0 Å². The zero-order valence-corrected chi connectivity index (χ0v) is 16.3. The van der Waals surface area contributed by atoms with E-state index in [1.165, 1.54) is 17.8 Å². The zero-order valence-electron chi connectivity index (χ0n) is 14.7. The highest BCUT2D eigenvalue weighted by Gasteiger charge is 2.24. The first kappa shape index (κ1) is 16.8. The third-order valence-corrected chi connectivity index (χ3v) is 7.26. The van der Waals surface area contributed by atoms with Gasteiger partial charge in [0, 0.05) is 16.1 Å². The van der Waals surface area contributed by atoms with Crippen LogP contribution >= 0.6 is 22.7 Å². The van der Waals surface area contributed by atoms with Crippen LogP contribution in [0.2, 0.25) is 0 Å². The van der Waals surface area contributed by atoms with Crippen LogP contribution in [0.4, 0.5) is 0 Å². The SMILES string of the molecule is O=c1c2ccccc2sc2nc(-c3cccs3)n(C3CCCCC3)c(=O)c12. The van der Waals surface area contributed by atoms with Gasteiger partial charge < -0.3 is 0 Å². The Morgan fingerprint density at radius 3 is 2.59 bits per heavy atom. The molecule has 0 atom stereocenters. The summed E-state index contributed by atoms with van der Waals surface area (Å²) in [7, 11) is 0. The van der Waals surface area contributed by atoms with E-state index >= 15 is 0 Å². The summed E-state index contributed by atoms with van der Waals surface area (Å²) in [5.74, 6) is 0.709. The molecule has 4 aromatic rings. The number of hydrogen-bond donors (Lipinski definition) is 0. The van der Waals surface area contributed by atoms with Crippen LogP contribution in [0.5, 0.6) is 0 Å². The molecule has 0 unspecified atom stereocenters.